The van der Waals surface area contributed by atoms with Gasteiger partial charge in [0.05, 0.1) is 0 Å². The van der Waals surface area contributed by atoms with E-state index >= 15 is 0 Å². The number of allylic oxidation sites excluding steroid dienone is 4. The second kappa shape index (κ2) is 11.5. The van der Waals surface area contributed by atoms with Crippen LogP contribution in [0.25, 0.3) is 0 Å². The van der Waals surface area contributed by atoms with Crippen LogP contribution in [0.5, 0.6) is 0 Å². The van der Waals surface area contributed by atoms with Gasteiger partial charge in [0.2, 0.25) is 0 Å². The van der Waals surface area contributed by atoms with Crippen LogP contribution in [0.1, 0.15) is 63.5 Å². The molecule has 0 aromatic heterocycles. The molecular formula is C20H30. The lowest BCUT2D eigenvalue weighted by molar-refractivity contribution is 0.728. The summed E-state index contributed by atoms with van der Waals surface area (Å²) in [5.41, 5.74) is 2.90. The first-order valence-corrected chi connectivity index (χ1v) is 8.20. The van der Waals surface area contributed by atoms with Gasteiger partial charge < -0.3 is 0 Å². The van der Waals surface area contributed by atoms with E-state index in [4.69, 9.17) is 0 Å². The van der Waals surface area contributed by atoms with Crippen molar-refractivity contribution >= 4 is 0 Å². The van der Waals surface area contributed by atoms with E-state index in [2.05, 4.69) is 62.4 Å². The van der Waals surface area contributed by atoms with E-state index in [1.54, 1.807) is 0 Å². The van der Waals surface area contributed by atoms with Crippen LogP contribution in [0.2, 0.25) is 0 Å². The van der Waals surface area contributed by atoms with Gasteiger partial charge in [-0.3, -0.25) is 0 Å². The van der Waals surface area contributed by atoms with Gasteiger partial charge >= 0.3 is 0 Å². The first-order valence-electron chi connectivity index (χ1n) is 8.20. The fourth-order valence-corrected chi connectivity index (χ4v) is 2.29. The molecule has 0 N–H and O–H groups in total. The van der Waals surface area contributed by atoms with Crippen LogP contribution in [0.3, 0.4) is 0 Å². The number of rotatable bonds is 10. The average Bonchev–Trinajstić information content (AvgIpc) is 2.48. The van der Waals surface area contributed by atoms with Gasteiger partial charge in [0.15, 0.2) is 0 Å². The molecule has 1 aromatic carbocycles. The van der Waals surface area contributed by atoms with Crippen LogP contribution in [-0.4, -0.2) is 0 Å². The predicted octanol–water partition coefficient (Wildman–Crippen LogP) is 6.26. The van der Waals surface area contributed by atoms with Gasteiger partial charge in [-0.1, -0.05) is 68.3 Å². The van der Waals surface area contributed by atoms with Crippen molar-refractivity contribution in [2.45, 2.75) is 65.2 Å². The second-order valence-electron chi connectivity index (χ2n) is 5.43. The highest BCUT2D eigenvalue weighted by molar-refractivity contribution is 5.23. The Kier molecular flexibility index (Phi) is 9.65. The molecule has 1 aromatic rings. The van der Waals surface area contributed by atoms with Crippen molar-refractivity contribution in [1.82, 2.24) is 0 Å². The Morgan fingerprint density at radius 1 is 0.750 bits per heavy atom. The van der Waals surface area contributed by atoms with Crippen LogP contribution in [0.15, 0.2) is 48.6 Å². The molecule has 20 heavy (non-hydrogen) atoms. The number of unbranched alkanes of at least 4 members (excludes halogenated alkanes) is 3. The molecular weight excluding hydrogens is 240 g/mol. The maximum absolute atomic E-state index is 2.35. The van der Waals surface area contributed by atoms with E-state index in [1.165, 1.54) is 49.7 Å². The minimum atomic E-state index is 1.15. The summed E-state index contributed by atoms with van der Waals surface area (Å²) in [5.74, 6) is 0. The van der Waals surface area contributed by atoms with E-state index in [0.29, 0.717) is 0 Å². The zero-order valence-electron chi connectivity index (χ0n) is 13.3. The zero-order valence-corrected chi connectivity index (χ0v) is 13.3. The van der Waals surface area contributed by atoms with Gasteiger partial charge in [0.1, 0.15) is 0 Å². The Morgan fingerprint density at radius 3 is 1.85 bits per heavy atom. The highest BCUT2D eigenvalue weighted by Crippen LogP contribution is 2.10. The van der Waals surface area contributed by atoms with E-state index in [1.807, 2.05) is 0 Å². The molecule has 0 saturated heterocycles. The van der Waals surface area contributed by atoms with Crippen molar-refractivity contribution in [3.05, 3.63) is 59.7 Å². The molecule has 0 amide bonds. The minimum Gasteiger partial charge on any atom is -0.0917 e. The largest absolute Gasteiger partial charge is 0.0917 e. The lowest BCUT2D eigenvalue weighted by Crippen LogP contribution is -1.87. The van der Waals surface area contributed by atoms with Crippen molar-refractivity contribution in [3.8, 4) is 0 Å². The topological polar surface area (TPSA) is 0 Å². The standard InChI is InChI=1S/C20H30/c1-3-5-7-8-9-10-12-14-20-17-15-19(16-18-20)13-11-6-4-2/h4,6,9-10,15-18H,3,5,7-8,11-14H2,1-2H3. The smallest absolute Gasteiger partial charge is 0.0244 e. The third-order valence-electron chi connectivity index (χ3n) is 3.60. The molecule has 110 valence electrons. The van der Waals surface area contributed by atoms with Gasteiger partial charge in [-0.2, -0.15) is 0 Å². The highest BCUT2D eigenvalue weighted by atomic mass is 14.0. The fraction of sp³-hybridized carbons (Fsp3) is 0.500. The first-order chi connectivity index (χ1) is 9.86. The lowest BCUT2D eigenvalue weighted by atomic mass is 10.0. The molecule has 0 heteroatoms. The molecule has 0 nitrogen and oxygen atoms in total. The van der Waals surface area contributed by atoms with Gasteiger partial charge in [0.25, 0.3) is 0 Å². The molecule has 0 fully saturated rings. The molecule has 0 heterocycles. The van der Waals surface area contributed by atoms with Gasteiger partial charge in [-0.05, 0) is 56.6 Å². The molecule has 0 aliphatic carbocycles. The maximum Gasteiger partial charge on any atom is -0.0244 e. The zero-order chi connectivity index (χ0) is 14.5. The summed E-state index contributed by atoms with van der Waals surface area (Å²) >= 11 is 0. The van der Waals surface area contributed by atoms with Gasteiger partial charge in [-0.15, -0.1) is 0 Å². The van der Waals surface area contributed by atoms with Crippen molar-refractivity contribution < 1.29 is 0 Å². The molecule has 0 unspecified atom stereocenters. The minimum absolute atomic E-state index is 1.15. The summed E-state index contributed by atoms with van der Waals surface area (Å²) < 4.78 is 0. The third-order valence-corrected chi connectivity index (χ3v) is 3.60. The molecule has 0 aliphatic rings. The summed E-state index contributed by atoms with van der Waals surface area (Å²) in [4.78, 5) is 0. The van der Waals surface area contributed by atoms with Crippen molar-refractivity contribution in [1.29, 1.82) is 0 Å². The van der Waals surface area contributed by atoms with Crippen molar-refractivity contribution in [2.24, 2.45) is 0 Å². The monoisotopic (exact) mass is 270 g/mol. The fourth-order valence-electron chi connectivity index (χ4n) is 2.29. The Hall–Kier alpha value is -1.30. The quantitative estimate of drug-likeness (QED) is 0.347. The first kappa shape index (κ1) is 16.8. The van der Waals surface area contributed by atoms with Crippen LogP contribution >= 0.6 is 0 Å². The molecule has 0 atom stereocenters. The summed E-state index contributed by atoms with van der Waals surface area (Å²) in [5, 5.41) is 0. The third kappa shape index (κ3) is 7.99. The van der Waals surface area contributed by atoms with Crippen LogP contribution in [0.4, 0.5) is 0 Å². The Labute approximate surface area is 125 Å². The molecule has 0 saturated carbocycles. The van der Waals surface area contributed by atoms with Gasteiger partial charge in [0, 0.05) is 0 Å². The Balaban J connectivity index is 2.20. The molecule has 0 radical (unpaired) electrons. The average molecular weight is 270 g/mol. The van der Waals surface area contributed by atoms with E-state index in [0.717, 1.165) is 12.8 Å². The maximum atomic E-state index is 2.35. The molecule has 0 spiro atoms. The number of aryl methyl sites for hydroxylation is 2. The predicted molar refractivity (Wildman–Crippen MR) is 91.2 cm³/mol. The molecule has 0 aliphatic heterocycles. The van der Waals surface area contributed by atoms with E-state index in [9.17, 15) is 0 Å². The summed E-state index contributed by atoms with van der Waals surface area (Å²) in [6, 6.07) is 9.14. The van der Waals surface area contributed by atoms with Crippen molar-refractivity contribution in [2.75, 3.05) is 0 Å². The van der Waals surface area contributed by atoms with Gasteiger partial charge in [-0.25, -0.2) is 0 Å². The Morgan fingerprint density at radius 2 is 1.30 bits per heavy atom. The number of hydrogen-bond donors (Lipinski definition) is 0. The van der Waals surface area contributed by atoms with Crippen LogP contribution in [-0.2, 0) is 12.8 Å². The normalized spacial score (nSPS) is 11.7. The molecule has 1 rings (SSSR count). The van der Waals surface area contributed by atoms with E-state index in [-0.39, 0.29) is 0 Å². The Bertz CT molecular complexity index is 381. The second-order valence-corrected chi connectivity index (χ2v) is 5.43. The van der Waals surface area contributed by atoms with E-state index < -0.39 is 0 Å². The van der Waals surface area contributed by atoms with Crippen LogP contribution < -0.4 is 0 Å². The number of benzene rings is 1. The summed E-state index contributed by atoms with van der Waals surface area (Å²) in [7, 11) is 0. The summed E-state index contributed by atoms with van der Waals surface area (Å²) in [6.07, 6.45) is 19.0. The highest BCUT2D eigenvalue weighted by Gasteiger charge is 1.94. The van der Waals surface area contributed by atoms with Crippen LogP contribution in [0, 0.1) is 0 Å². The molecule has 0 bridgehead atoms. The lowest BCUT2D eigenvalue weighted by Gasteiger charge is -2.02. The SMILES string of the molecule is CC=CCCc1ccc(CCC=CCCCCC)cc1. The number of hydrogen-bond acceptors (Lipinski definition) is 0. The van der Waals surface area contributed by atoms with Crippen molar-refractivity contribution in [3.63, 3.8) is 0 Å². The summed E-state index contributed by atoms with van der Waals surface area (Å²) in [6.45, 7) is 4.34.